The molecule has 1 saturated carbocycles. The van der Waals surface area contributed by atoms with E-state index in [-0.39, 0.29) is 5.92 Å². The third kappa shape index (κ3) is 2.88. The highest BCUT2D eigenvalue weighted by molar-refractivity contribution is 5.76. The fourth-order valence-electron chi connectivity index (χ4n) is 3.85. The van der Waals surface area contributed by atoms with Gasteiger partial charge in [-0.2, -0.15) is 0 Å². The monoisotopic (exact) mass is 302 g/mol. The van der Waals surface area contributed by atoms with Crippen molar-refractivity contribution >= 4 is 5.57 Å². The molecule has 2 aliphatic rings. The van der Waals surface area contributed by atoms with Gasteiger partial charge in [0.15, 0.2) is 11.8 Å². The van der Waals surface area contributed by atoms with Crippen molar-refractivity contribution in [1.29, 1.82) is 0 Å². The molecule has 0 saturated heterocycles. The molecular weight excluding hydrogens is 278 g/mol. The molecule has 2 unspecified atom stereocenters. The van der Waals surface area contributed by atoms with Gasteiger partial charge in [-0.05, 0) is 48.0 Å². The fraction of sp³-hybridized carbons (Fsp3) is 0.500. The number of allylic oxidation sites excluding steroid dienone is 4. The van der Waals surface area contributed by atoms with Gasteiger partial charge in [0.1, 0.15) is 0 Å². The zero-order chi connectivity index (χ0) is 15.6. The Morgan fingerprint density at radius 3 is 2.36 bits per heavy atom. The van der Waals surface area contributed by atoms with E-state index in [2.05, 4.69) is 6.92 Å². The van der Waals surface area contributed by atoms with E-state index in [1.54, 1.807) is 6.08 Å². The maximum atomic E-state index is 15.3. The summed E-state index contributed by atoms with van der Waals surface area (Å²) in [4.78, 5) is 0. The predicted octanol–water partition coefficient (Wildman–Crippen LogP) is 5.90. The van der Waals surface area contributed by atoms with Crippen LogP contribution in [0.25, 0.3) is 5.57 Å². The van der Waals surface area contributed by atoms with E-state index in [1.807, 2.05) is 30.3 Å². The first-order valence-electron chi connectivity index (χ1n) is 8.43. The number of alkyl halides is 2. The van der Waals surface area contributed by atoms with E-state index < -0.39 is 11.8 Å². The third-order valence-corrected chi connectivity index (χ3v) is 5.42. The van der Waals surface area contributed by atoms with Gasteiger partial charge in [-0.3, -0.25) is 0 Å². The van der Waals surface area contributed by atoms with Gasteiger partial charge in [0.25, 0.3) is 0 Å². The van der Waals surface area contributed by atoms with Gasteiger partial charge in [-0.25, -0.2) is 8.78 Å². The average Bonchev–Trinajstić information content (AvgIpc) is 2.58. The van der Waals surface area contributed by atoms with Crippen molar-refractivity contribution in [3.05, 3.63) is 54.1 Å². The topological polar surface area (TPSA) is 0 Å². The molecule has 0 bridgehead atoms. The van der Waals surface area contributed by atoms with Gasteiger partial charge in [-0.15, -0.1) is 0 Å². The largest absolute Gasteiger partial charge is 0.239 e. The minimum atomic E-state index is -1.82. The van der Waals surface area contributed by atoms with Crippen molar-refractivity contribution < 1.29 is 8.78 Å². The van der Waals surface area contributed by atoms with Crippen LogP contribution in [-0.2, 0) is 0 Å². The summed E-state index contributed by atoms with van der Waals surface area (Å²) in [5.74, 6) is 0.510. The normalized spacial score (nSPS) is 35.2. The third-order valence-electron chi connectivity index (χ3n) is 5.42. The molecule has 22 heavy (non-hydrogen) atoms. The van der Waals surface area contributed by atoms with Gasteiger partial charge in [0, 0.05) is 0 Å². The second-order valence-electron chi connectivity index (χ2n) is 6.68. The highest BCUT2D eigenvalue weighted by Crippen LogP contribution is 2.45. The smallest absolute Gasteiger partial charge is 0.166 e. The van der Waals surface area contributed by atoms with E-state index >= 15 is 4.39 Å². The Morgan fingerprint density at radius 1 is 1.09 bits per heavy atom. The van der Waals surface area contributed by atoms with E-state index in [0.717, 1.165) is 43.2 Å². The lowest BCUT2D eigenvalue weighted by Crippen LogP contribution is -2.43. The molecule has 0 aliphatic heterocycles. The van der Waals surface area contributed by atoms with Crippen molar-refractivity contribution in [2.45, 2.75) is 50.9 Å². The Bertz CT molecular complexity index is 552. The maximum absolute atomic E-state index is 15.3. The van der Waals surface area contributed by atoms with E-state index in [0.29, 0.717) is 5.92 Å². The summed E-state index contributed by atoms with van der Waals surface area (Å²) in [6.07, 6.45) is 7.97. The number of hydrogen-bond donors (Lipinski definition) is 0. The van der Waals surface area contributed by atoms with E-state index in [1.165, 1.54) is 12.2 Å². The molecule has 118 valence electrons. The summed E-state index contributed by atoms with van der Waals surface area (Å²) in [6.45, 7) is 2.18. The second kappa shape index (κ2) is 6.36. The lowest BCUT2D eigenvalue weighted by Gasteiger charge is -2.39. The van der Waals surface area contributed by atoms with Crippen LogP contribution in [0.5, 0.6) is 0 Å². The molecule has 0 amide bonds. The summed E-state index contributed by atoms with van der Waals surface area (Å²) >= 11 is 0. The zero-order valence-electron chi connectivity index (χ0n) is 13.1. The van der Waals surface area contributed by atoms with Crippen LogP contribution in [0.4, 0.5) is 8.78 Å². The van der Waals surface area contributed by atoms with Crippen LogP contribution in [0.2, 0.25) is 0 Å². The molecule has 0 radical (unpaired) electrons. The van der Waals surface area contributed by atoms with Crippen LogP contribution >= 0.6 is 0 Å². The summed E-state index contributed by atoms with van der Waals surface area (Å²) in [5, 5.41) is 0. The minimum Gasteiger partial charge on any atom is -0.239 e. The van der Waals surface area contributed by atoms with Crippen molar-refractivity contribution in [2.24, 2.45) is 11.8 Å². The summed E-state index contributed by atoms with van der Waals surface area (Å²) < 4.78 is 29.9. The van der Waals surface area contributed by atoms with Gasteiger partial charge in [0.2, 0.25) is 0 Å². The Balaban J connectivity index is 1.75. The summed E-state index contributed by atoms with van der Waals surface area (Å²) in [6, 6.07) is 9.62. The molecule has 0 spiro atoms. The number of rotatable bonds is 3. The van der Waals surface area contributed by atoms with Crippen molar-refractivity contribution in [3.63, 3.8) is 0 Å². The fourth-order valence-corrected chi connectivity index (χ4v) is 3.85. The van der Waals surface area contributed by atoms with Crippen molar-refractivity contribution in [3.8, 4) is 0 Å². The first-order valence-corrected chi connectivity index (χ1v) is 8.43. The van der Waals surface area contributed by atoms with Gasteiger partial charge >= 0.3 is 0 Å². The van der Waals surface area contributed by atoms with Gasteiger partial charge in [-0.1, -0.05) is 62.6 Å². The lowest BCUT2D eigenvalue weighted by atomic mass is 9.70. The van der Waals surface area contributed by atoms with Crippen LogP contribution in [0.15, 0.2) is 48.6 Å². The summed E-state index contributed by atoms with van der Waals surface area (Å²) in [7, 11) is 0. The molecule has 2 aliphatic carbocycles. The van der Waals surface area contributed by atoms with Gasteiger partial charge < -0.3 is 0 Å². The average molecular weight is 302 g/mol. The van der Waals surface area contributed by atoms with Crippen LogP contribution in [0, 0.1) is 11.8 Å². The Labute approximate surface area is 131 Å². The number of benzene rings is 1. The Morgan fingerprint density at radius 2 is 1.77 bits per heavy atom. The molecule has 3 rings (SSSR count). The highest BCUT2D eigenvalue weighted by Gasteiger charge is 2.46. The SMILES string of the molecule is CCC1CCC(C2(F)C=CC(c3ccccc3)=CC2F)CC1. The predicted molar refractivity (Wildman–Crippen MR) is 88.0 cm³/mol. The van der Waals surface area contributed by atoms with Gasteiger partial charge in [0.05, 0.1) is 0 Å². The van der Waals surface area contributed by atoms with Crippen LogP contribution in [-0.4, -0.2) is 11.8 Å². The van der Waals surface area contributed by atoms with Crippen molar-refractivity contribution in [1.82, 2.24) is 0 Å². The first-order chi connectivity index (χ1) is 10.6. The van der Waals surface area contributed by atoms with Crippen LogP contribution < -0.4 is 0 Å². The summed E-state index contributed by atoms with van der Waals surface area (Å²) in [5.41, 5.74) is -0.0986. The molecule has 0 nitrogen and oxygen atoms in total. The number of hydrogen-bond acceptors (Lipinski definition) is 0. The Hall–Kier alpha value is -1.44. The molecule has 1 fully saturated rings. The second-order valence-corrected chi connectivity index (χ2v) is 6.68. The minimum absolute atomic E-state index is 0.185. The molecule has 1 aromatic rings. The molecule has 0 N–H and O–H groups in total. The molecule has 2 atom stereocenters. The molecule has 1 aromatic carbocycles. The Kier molecular flexibility index (Phi) is 4.46. The molecular formula is C20H24F2. The molecule has 0 heterocycles. The first kappa shape index (κ1) is 15.5. The molecule has 2 heteroatoms. The lowest BCUT2D eigenvalue weighted by molar-refractivity contribution is 0.0326. The highest BCUT2D eigenvalue weighted by atomic mass is 19.2. The maximum Gasteiger partial charge on any atom is 0.166 e. The zero-order valence-corrected chi connectivity index (χ0v) is 13.1. The molecule has 0 aromatic heterocycles. The van der Waals surface area contributed by atoms with Crippen LogP contribution in [0.3, 0.4) is 0 Å². The van der Waals surface area contributed by atoms with Crippen molar-refractivity contribution in [2.75, 3.05) is 0 Å². The van der Waals surface area contributed by atoms with E-state index in [9.17, 15) is 4.39 Å². The standard InChI is InChI=1S/C20H24F2/c1-2-15-8-10-18(11-9-15)20(22)13-12-17(14-19(20)21)16-6-4-3-5-7-16/h3-7,12-15,18-19H,2,8-11H2,1H3. The number of halogens is 2. The van der Waals surface area contributed by atoms with E-state index in [4.69, 9.17) is 0 Å². The quantitative estimate of drug-likeness (QED) is 0.652. The van der Waals surface area contributed by atoms with Crippen LogP contribution in [0.1, 0.15) is 44.6 Å².